The lowest BCUT2D eigenvalue weighted by molar-refractivity contribution is 0.644. The maximum atomic E-state index is 12.8. The largest absolute Gasteiger partial charge is 0.323 e. The fourth-order valence-corrected chi connectivity index (χ4v) is 3.83. The van der Waals surface area contributed by atoms with Gasteiger partial charge in [0.1, 0.15) is 5.52 Å². The highest BCUT2D eigenvalue weighted by Gasteiger charge is 2.17. The first-order valence-electron chi connectivity index (χ1n) is 7.42. The van der Waals surface area contributed by atoms with Gasteiger partial charge in [-0.2, -0.15) is 5.10 Å². The van der Waals surface area contributed by atoms with Crippen molar-refractivity contribution in [2.24, 2.45) is 7.05 Å². The zero-order valence-electron chi connectivity index (χ0n) is 13.2. The predicted octanol–water partition coefficient (Wildman–Crippen LogP) is 3.01. The number of thiazole rings is 1. The maximum absolute atomic E-state index is 12.8. The molecule has 4 aromatic rings. The van der Waals surface area contributed by atoms with E-state index in [1.807, 2.05) is 49.7 Å². The molecule has 23 heavy (non-hydrogen) atoms. The van der Waals surface area contributed by atoms with Gasteiger partial charge in [0.2, 0.25) is 0 Å². The Morgan fingerprint density at radius 3 is 2.65 bits per heavy atom. The molecule has 0 aliphatic heterocycles. The summed E-state index contributed by atoms with van der Waals surface area (Å²) in [5.74, 6) is 0. The monoisotopic (exact) mass is 324 g/mol. The number of hydrogen-bond acceptors (Lipinski definition) is 4. The van der Waals surface area contributed by atoms with E-state index in [0.29, 0.717) is 12.1 Å². The van der Waals surface area contributed by atoms with Gasteiger partial charge < -0.3 is 4.57 Å². The van der Waals surface area contributed by atoms with Gasteiger partial charge in [-0.15, -0.1) is 11.3 Å². The van der Waals surface area contributed by atoms with Gasteiger partial charge >= 0.3 is 0 Å². The molecule has 6 heteroatoms. The van der Waals surface area contributed by atoms with Crippen molar-refractivity contribution in [1.29, 1.82) is 0 Å². The molecule has 0 atom stereocenters. The molecule has 3 aromatic heterocycles. The van der Waals surface area contributed by atoms with Crippen LogP contribution < -0.4 is 5.56 Å². The zero-order chi connectivity index (χ0) is 16.1. The van der Waals surface area contributed by atoms with Gasteiger partial charge in [0, 0.05) is 12.4 Å². The second kappa shape index (κ2) is 5.03. The molecule has 0 saturated heterocycles. The maximum Gasteiger partial charge on any atom is 0.291 e. The summed E-state index contributed by atoms with van der Waals surface area (Å²) in [7, 11) is 1.89. The smallest absolute Gasteiger partial charge is 0.291 e. The van der Waals surface area contributed by atoms with E-state index >= 15 is 0 Å². The molecule has 0 spiro atoms. The van der Waals surface area contributed by atoms with Gasteiger partial charge in [0.25, 0.3) is 5.56 Å². The van der Waals surface area contributed by atoms with Crippen molar-refractivity contribution < 1.29 is 0 Å². The molecule has 0 N–H and O–H groups in total. The normalized spacial score (nSPS) is 11.6. The Morgan fingerprint density at radius 1 is 1.17 bits per heavy atom. The molecular weight excluding hydrogens is 308 g/mol. The van der Waals surface area contributed by atoms with Crippen LogP contribution in [-0.4, -0.2) is 19.3 Å². The Labute approximate surface area is 136 Å². The summed E-state index contributed by atoms with van der Waals surface area (Å²) in [6, 6.07) is 8.15. The standard InChI is InChI=1S/C17H16N4OS/c1-10-4-6-12(7-5-10)9-21-17(22)14-13(8-18-21)15-16(20(14)3)19-11(2)23-15/h4-8H,9H2,1-3H3. The second-order valence-electron chi connectivity index (χ2n) is 5.80. The Morgan fingerprint density at radius 2 is 1.91 bits per heavy atom. The highest BCUT2D eigenvalue weighted by molar-refractivity contribution is 7.19. The summed E-state index contributed by atoms with van der Waals surface area (Å²) >= 11 is 1.60. The van der Waals surface area contributed by atoms with Gasteiger partial charge in [-0.3, -0.25) is 4.79 Å². The average molecular weight is 324 g/mol. The van der Waals surface area contributed by atoms with Crippen molar-refractivity contribution in [2.45, 2.75) is 20.4 Å². The number of aryl methyl sites for hydroxylation is 3. The van der Waals surface area contributed by atoms with Crippen LogP contribution in [0, 0.1) is 13.8 Å². The fraction of sp³-hybridized carbons (Fsp3) is 0.235. The number of hydrogen-bond donors (Lipinski definition) is 0. The minimum Gasteiger partial charge on any atom is -0.323 e. The number of benzene rings is 1. The number of rotatable bonds is 2. The van der Waals surface area contributed by atoms with Gasteiger partial charge in [-0.25, -0.2) is 9.67 Å². The molecule has 0 saturated carbocycles. The summed E-state index contributed by atoms with van der Waals surface area (Å²) in [6.45, 7) is 4.49. The third kappa shape index (κ3) is 2.17. The molecule has 0 amide bonds. The van der Waals surface area contributed by atoms with Crippen molar-refractivity contribution in [1.82, 2.24) is 19.3 Å². The third-order valence-electron chi connectivity index (χ3n) is 4.09. The summed E-state index contributed by atoms with van der Waals surface area (Å²) in [5.41, 5.74) is 3.71. The Balaban J connectivity index is 1.89. The summed E-state index contributed by atoms with van der Waals surface area (Å²) < 4.78 is 4.43. The molecule has 1 aromatic carbocycles. The zero-order valence-corrected chi connectivity index (χ0v) is 14.0. The van der Waals surface area contributed by atoms with Crippen molar-refractivity contribution in [3.63, 3.8) is 0 Å². The highest BCUT2D eigenvalue weighted by atomic mass is 32.1. The quantitative estimate of drug-likeness (QED) is 0.569. The Bertz CT molecular complexity index is 1090. The number of nitrogens with zero attached hydrogens (tertiary/aromatic N) is 4. The highest BCUT2D eigenvalue weighted by Crippen LogP contribution is 2.30. The molecule has 0 unspecified atom stereocenters. The first-order valence-corrected chi connectivity index (χ1v) is 8.23. The molecular formula is C17H16N4OS. The fourth-order valence-electron chi connectivity index (χ4n) is 2.87. The van der Waals surface area contributed by atoms with Crippen LogP contribution in [-0.2, 0) is 13.6 Å². The lowest BCUT2D eigenvalue weighted by Gasteiger charge is -2.06. The van der Waals surface area contributed by atoms with Crippen LogP contribution in [0.4, 0.5) is 0 Å². The van der Waals surface area contributed by atoms with Gasteiger partial charge in [-0.05, 0) is 19.4 Å². The van der Waals surface area contributed by atoms with E-state index in [0.717, 1.165) is 26.3 Å². The van der Waals surface area contributed by atoms with Crippen LogP contribution >= 0.6 is 11.3 Å². The van der Waals surface area contributed by atoms with E-state index in [1.165, 1.54) is 10.2 Å². The van der Waals surface area contributed by atoms with E-state index in [9.17, 15) is 4.79 Å². The molecule has 0 radical (unpaired) electrons. The Hall–Kier alpha value is -2.47. The molecule has 5 nitrogen and oxygen atoms in total. The third-order valence-corrected chi connectivity index (χ3v) is 5.08. The van der Waals surface area contributed by atoms with Crippen LogP contribution in [0.3, 0.4) is 0 Å². The molecule has 0 aliphatic carbocycles. The van der Waals surface area contributed by atoms with Crippen LogP contribution in [0.1, 0.15) is 16.1 Å². The van der Waals surface area contributed by atoms with Crippen LogP contribution in [0.5, 0.6) is 0 Å². The summed E-state index contributed by atoms with van der Waals surface area (Å²) in [4.78, 5) is 17.3. The molecule has 0 aliphatic rings. The van der Waals surface area contributed by atoms with Crippen LogP contribution in [0.25, 0.3) is 21.3 Å². The van der Waals surface area contributed by atoms with Crippen molar-refractivity contribution in [3.05, 3.63) is 57.0 Å². The molecule has 3 heterocycles. The summed E-state index contributed by atoms with van der Waals surface area (Å²) in [5, 5.41) is 6.25. The molecule has 4 rings (SSSR count). The summed E-state index contributed by atoms with van der Waals surface area (Å²) in [6.07, 6.45) is 1.78. The minimum atomic E-state index is -0.0755. The van der Waals surface area contributed by atoms with E-state index < -0.39 is 0 Å². The van der Waals surface area contributed by atoms with Gasteiger partial charge in [0.15, 0.2) is 5.65 Å². The van der Waals surface area contributed by atoms with Gasteiger partial charge in [-0.1, -0.05) is 29.8 Å². The van der Waals surface area contributed by atoms with Gasteiger partial charge in [0.05, 0.1) is 22.4 Å². The van der Waals surface area contributed by atoms with Crippen molar-refractivity contribution in [3.8, 4) is 0 Å². The predicted molar refractivity (Wildman–Crippen MR) is 93.2 cm³/mol. The second-order valence-corrected chi connectivity index (χ2v) is 7.00. The lowest BCUT2D eigenvalue weighted by Crippen LogP contribution is -2.24. The first-order chi connectivity index (χ1) is 11.0. The topological polar surface area (TPSA) is 52.7 Å². The van der Waals surface area contributed by atoms with Crippen molar-refractivity contribution in [2.75, 3.05) is 0 Å². The SMILES string of the molecule is Cc1ccc(Cn2ncc3c4sc(C)nc4n(C)c3c2=O)cc1. The van der Waals surface area contributed by atoms with Crippen molar-refractivity contribution >= 4 is 32.6 Å². The van der Waals surface area contributed by atoms with Crippen LogP contribution in [0.2, 0.25) is 0 Å². The Kier molecular flexibility index (Phi) is 3.09. The van der Waals surface area contributed by atoms with E-state index in [-0.39, 0.29) is 5.56 Å². The van der Waals surface area contributed by atoms with E-state index in [1.54, 1.807) is 17.5 Å². The first kappa shape index (κ1) is 14.1. The molecule has 0 bridgehead atoms. The minimum absolute atomic E-state index is 0.0755. The average Bonchev–Trinajstić information content (AvgIpc) is 3.02. The lowest BCUT2D eigenvalue weighted by atomic mass is 10.1. The number of aromatic nitrogens is 4. The molecule has 116 valence electrons. The van der Waals surface area contributed by atoms with Crippen LogP contribution in [0.15, 0.2) is 35.3 Å². The molecule has 0 fully saturated rings. The van der Waals surface area contributed by atoms with E-state index in [2.05, 4.69) is 10.1 Å². The number of fused-ring (bicyclic) bond motifs is 3. The van der Waals surface area contributed by atoms with E-state index in [4.69, 9.17) is 0 Å².